The molecule has 33 heavy (non-hydrogen) atoms. The van der Waals surface area contributed by atoms with Crippen molar-refractivity contribution < 1.29 is 9.53 Å². The first kappa shape index (κ1) is 21.2. The molecule has 1 aromatic carbocycles. The number of nitrogens with one attached hydrogen (secondary N) is 1. The molecule has 7 nitrogen and oxygen atoms in total. The van der Waals surface area contributed by atoms with Crippen LogP contribution in [0.1, 0.15) is 52.0 Å². The molecule has 1 amide bonds. The van der Waals surface area contributed by atoms with Gasteiger partial charge in [0.25, 0.3) is 5.91 Å². The van der Waals surface area contributed by atoms with Gasteiger partial charge in [-0.05, 0) is 75.4 Å². The summed E-state index contributed by atoms with van der Waals surface area (Å²) in [5.41, 5.74) is 5.18. The zero-order chi connectivity index (χ0) is 22.9. The van der Waals surface area contributed by atoms with Crippen LogP contribution < -0.4 is 10.1 Å². The summed E-state index contributed by atoms with van der Waals surface area (Å²) in [6.45, 7) is 4.50. The molecule has 4 aromatic rings. The van der Waals surface area contributed by atoms with Gasteiger partial charge in [-0.1, -0.05) is 0 Å². The second-order valence-corrected chi connectivity index (χ2v) is 9.13. The molecule has 0 unspecified atom stereocenters. The highest BCUT2D eigenvalue weighted by Crippen LogP contribution is 2.37. The van der Waals surface area contributed by atoms with Crippen LogP contribution in [0.25, 0.3) is 16.9 Å². The molecule has 0 radical (unpaired) electrons. The lowest BCUT2D eigenvalue weighted by Crippen LogP contribution is -2.13. The molecule has 0 saturated carbocycles. The van der Waals surface area contributed by atoms with Gasteiger partial charge in [-0.25, -0.2) is 9.50 Å². The van der Waals surface area contributed by atoms with Gasteiger partial charge in [0.1, 0.15) is 16.8 Å². The minimum atomic E-state index is -0.336. The van der Waals surface area contributed by atoms with Gasteiger partial charge in [-0.2, -0.15) is 10.4 Å². The van der Waals surface area contributed by atoms with E-state index in [1.165, 1.54) is 16.2 Å². The van der Waals surface area contributed by atoms with E-state index in [1.807, 2.05) is 44.2 Å². The molecule has 8 heteroatoms. The van der Waals surface area contributed by atoms with Crippen molar-refractivity contribution in [2.75, 3.05) is 11.9 Å². The number of amides is 1. The van der Waals surface area contributed by atoms with E-state index < -0.39 is 0 Å². The second-order valence-electron chi connectivity index (χ2n) is 8.02. The summed E-state index contributed by atoms with van der Waals surface area (Å²) in [5, 5.41) is 17.7. The Balaban J connectivity index is 1.44. The average Bonchev–Trinajstić information content (AvgIpc) is 3.41. The molecule has 0 aliphatic heterocycles. The normalized spacial score (nSPS) is 12.9. The van der Waals surface area contributed by atoms with Gasteiger partial charge in [0.05, 0.1) is 17.9 Å². The molecule has 0 bridgehead atoms. The van der Waals surface area contributed by atoms with Crippen molar-refractivity contribution in [2.45, 2.75) is 39.5 Å². The Morgan fingerprint density at radius 1 is 1.24 bits per heavy atom. The monoisotopic (exact) mass is 457 g/mol. The van der Waals surface area contributed by atoms with Gasteiger partial charge in [0.15, 0.2) is 11.3 Å². The Labute approximate surface area is 195 Å². The third-order valence-electron chi connectivity index (χ3n) is 5.81. The minimum absolute atomic E-state index is 0.268. The SMILES string of the molecule is CCOc1ccc(-c2cc(C)n3nc(C(=O)Nc4sc5c(c4C#N)CCCC5)cc3n2)cc1. The molecule has 0 saturated heterocycles. The average molecular weight is 458 g/mol. The van der Waals surface area contributed by atoms with Gasteiger partial charge in [-0.3, -0.25) is 4.79 Å². The van der Waals surface area contributed by atoms with E-state index in [-0.39, 0.29) is 11.6 Å². The minimum Gasteiger partial charge on any atom is -0.494 e. The standard InChI is InChI=1S/C25H23N5O2S/c1-3-32-17-10-8-16(9-11-17)20-12-15(2)30-23(27-20)13-21(29-30)24(31)28-25-19(14-26)18-6-4-5-7-22(18)33-25/h8-13H,3-7H2,1-2H3,(H,28,31). The summed E-state index contributed by atoms with van der Waals surface area (Å²) < 4.78 is 7.18. The number of anilines is 1. The fraction of sp³-hybridized carbons (Fsp3) is 0.280. The molecule has 0 spiro atoms. The fourth-order valence-electron chi connectivity index (χ4n) is 4.21. The number of thiophene rings is 1. The van der Waals surface area contributed by atoms with E-state index in [4.69, 9.17) is 9.72 Å². The van der Waals surface area contributed by atoms with Crippen LogP contribution in [-0.4, -0.2) is 27.1 Å². The van der Waals surface area contributed by atoms with Crippen LogP contribution in [0.4, 0.5) is 5.00 Å². The summed E-state index contributed by atoms with van der Waals surface area (Å²) in [4.78, 5) is 18.9. The lowest BCUT2D eigenvalue weighted by molar-refractivity contribution is 0.102. The zero-order valence-corrected chi connectivity index (χ0v) is 19.3. The van der Waals surface area contributed by atoms with E-state index in [9.17, 15) is 10.1 Å². The van der Waals surface area contributed by atoms with Crippen molar-refractivity contribution in [3.05, 3.63) is 63.8 Å². The summed E-state index contributed by atoms with van der Waals surface area (Å²) >= 11 is 1.51. The smallest absolute Gasteiger partial charge is 0.276 e. The molecular formula is C25H23N5O2S. The maximum Gasteiger partial charge on any atom is 0.276 e. The van der Waals surface area contributed by atoms with Gasteiger partial charge in [0.2, 0.25) is 0 Å². The molecule has 3 heterocycles. The number of carbonyl (C=O) groups is 1. The predicted octanol–water partition coefficient (Wildman–Crippen LogP) is 5.17. The number of hydrogen-bond acceptors (Lipinski definition) is 6. The van der Waals surface area contributed by atoms with Crippen molar-refractivity contribution in [3.63, 3.8) is 0 Å². The highest BCUT2D eigenvalue weighted by molar-refractivity contribution is 7.16. The number of benzene rings is 1. The highest BCUT2D eigenvalue weighted by Gasteiger charge is 2.23. The number of nitrogens with zero attached hydrogens (tertiary/aromatic N) is 4. The van der Waals surface area contributed by atoms with E-state index in [0.717, 1.165) is 53.9 Å². The number of aryl methyl sites for hydroxylation is 2. The van der Waals surface area contributed by atoms with Gasteiger partial charge in [-0.15, -0.1) is 11.3 Å². The van der Waals surface area contributed by atoms with E-state index in [0.29, 0.717) is 22.8 Å². The number of hydrogen-bond donors (Lipinski definition) is 1. The van der Waals surface area contributed by atoms with E-state index in [1.54, 1.807) is 10.6 Å². The largest absolute Gasteiger partial charge is 0.494 e. The number of rotatable bonds is 5. The van der Waals surface area contributed by atoms with E-state index in [2.05, 4.69) is 16.5 Å². The van der Waals surface area contributed by atoms with Gasteiger partial charge < -0.3 is 10.1 Å². The van der Waals surface area contributed by atoms with Crippen LogP contribution in [-0.2, 0) is 12.8 Å². The molecule has 0 fully saturated rings. The number of nitriles is 1. The van der Waals surface area contributed by atoms with Crippen LogP contribution in [0.15, 0.2) is 36.4 Å². The molecule has 1 aliphatic carbocycles. The Morgan fingerprint density at radius 2 is 2.03 bits per heavy atom. The quantitative estimate of drug-likeness (QED) is 0.446. The van der Waals surface area contributed by atoms with E-state index >= 15 is 0 Å². The van der Waals surface area contributed by atoms with Crippen LogP contribution in [0.2, 0.25) is 0 Å². The zero-order valence-electron chi connectivity index (χ0n) is 18.5. The Kier molecular flexibility index (Phi) is 5.56. The lowest BCUT2D eigenvalue weighted by Gasteiger charge is -2.09. The summed E-state index contributed by atoms with van der Waals surface area (Å²) in [6, 6.07) is 13.7. The first-order valence-corrected chi connectivity index (χ1v) is 11.9. The molecule has 1 aliphatic rings. The number of fused-ring (bicyclic) bond motifs is 2. The van der Waals surface area contributed by atoms with Crippen molar-refractivity contribution in [1.29, 1.82) is 5.26 Å². The molecule has 3 aromatic heterocycles. The Bertz CT molecular complexity index is 1400. The molecule has 1 N–H and O–H groups in total. The maximum absolute atomic E-state index is 13.0. The molecule has 0 atom stereocenters. The van der Waals surface area contributed by atoms with Crippen LogP contribution in [0, 0.1) is 18.3 Å². The third-order valence-corrected chi connectivity index (χ3v) is 7.02. The number of aromatic nitrogens is 3. The summed E-state index contributed by atoms with van der Waals surface area (Å²) in [7, 11) is 0. The van der Waals surface area contributed by atoms with Gasteiger partial charge in [0, 0.05) is 22.2 Å². The second kappa shape index (κ2) is 8.68. The van der Waals surface area contributed by atoms with Crippen LogP contribution in [0.5, 0.6) is 5.75 Å². The predicted molar refractivity (Wildman–Crippen MR) is 128 cm³/mol. The Morgan fingerprint density at radius 3 is 2.79 bits per heavy atom. The first-order valence-electron chi connectivity index (χ1n) is 11.0. The first-order chi connectivity index (χ1) is 16.1. The number of ether oxygens (including phenoxy) is 1. The lowest BCUT2D eigenvalue weighted by atomic mass is 9.96. The summed E-state index contributed by atoms with van der Waals surface area (Å²) in [5.74, 6) is 0.479. The molecular weight excluding hydrogens is 434 g/mol. The van der Waals surface area contributed by atoms with Crippen molar-refractivity contribution in [3.8, 4) is 23.1 Å². The Hall–Kier alpha value is -3.70. The van der Waals surface area contributed by atoms with Crippen molar-refractivity contribution in [1.82, 2.24) is 14.6 Å². The van der Waals surface area contributed by atoms with Crippen LogP contribution in [0.3, 0.4) is 0 Å². The maximum atomic E-state index is 13.0. The van der Waals surface area contributed by atoms with Gasteiger partial charge >= 0.3 is 0 Å². The summed E-state index contributed by atoms with van der Waals surface area (Å²) in [6.07, 6.45) is 4.08. The highest BCUT2D eigenvalue weighted by atomic mass is 32.1. The number of carbonyl (C=O) groups excluding carboxylic acids is 1. The van der Waals surface area contributed by atoms with Crippen LogP contribution >= 0.6 is 11.3 Å². The fourth-order valence-corrected chi connectivity index (χ4v) is 5.45. The third kappa shape index (κ3) is 3.96. The molecule has 166 valence electrons. The van der Waals surface area contributed by atoms with Crippen molar-refractivity contribution in [2.24, 2.45) is 0 Å². The van der Waals surface area contributed by atoms with Crippen molar-refractivity contribution >= 4 is 27.9 Å². The topological polar surface area (TPSA) is 92.3 Å². The molecule has 5 rings (SSSR count).